The summed E-state index contributed by atoms with van der Waals surface area (Å²) in [6.07, 6.45) is 0. The minimum atomic E-state index is 0.780. The van der Waals surface area contributed by atoms with Crippen molar-refractivity contribution in [3.8, 4) is 22.5 Å². The lowest BCUT2D eigenvalue weighted by atomic mass is 10.1. The molecule has 0 saturated heterocycles. The van der Waals surface area contributed by atoms with Crippen LogP contribution in [-0.4, -0.2) is 9.97 Å². The third kappa shape index (κ3) is 2.35. The zero-order chi connectivity index (χ0) is 14.8. The molecule has 0 amide bonds. The van der Waals surface area contributed by atoms with Gasteiger partial charge in [0.2, 0.25) is 0 Å². The average Bonchev–Trinajstić information content (AvgIpc) is 2.62. The molecule has 0 atom stereocenters. The minimum absolute atomic E-state index is 0.780. The van der Waals surface area contributed by atoms with Gasteiger partial charge in [-0.1, -0.05) is 60.7 Å². The first kappa shape index (κ1) is 12.7. The molecule has 2 heteroatoms. The topological polar surface area (TPSA) is 25.8 Å². The Labute approximate surface area is 129 Å². The van der Waals surface area contributed by atoms with Gasteiger partial charge in [-0.3, -0.25) is 0 Å². The second-order valence-electron chi connectivity index (χ2n) is 5.17. The highest BCUT2D eigenvalue weighted by Crippen LogP contribution is 2.23. The smallest absolute Gasteiger partial charge is 0.160 e. The van der Waals surface area contributed by atoms with Gasteiger partial charge >= 0.3 is 0 Å². The first-order valence-electron chi connectivity index (χ1n) is 7.29. The van der Waals surface area contributed by atoms with E-state index in [-0.39, 0.29) is 0 Å². The Morgan fingerprint density at radius 3 is 1.36 bits per heavy atom. The number of rotatable bonds is 2. The third-order valence-electron chi connectivity index (χ3n) is 3.69. The highest BCUT2D eigenvalue weighted by Gasteiger charge is 2.04. The standard InChI is InChI=1S/C20H14N2/c1-3-7-15(8-4-1)18-13-11-17-12-14-19(22-20(17)21-18)16-9-5-2-6-10-16/h1-14H. The average molecular weight is 282 g/mol. The molecule has 0 unspecified atom stereocenters. The van der Waals surface area contributed by atoms with E-state index in [4.69, 9.17) is 9.97 Å². The van der Waals surface area contributed by atoms with Crippen LogP contribution in [0.1, 0.15) is 0 Å². The second kappa shape index (κ2) is 5.41. The SMILES string of the molecule is c1ccc(-c2ccc3ccc(-c4ccccc4)nc3n2)cc1. The van der Waals surface area contributed by atoms with Crippen molar-refractivity contribution in [1.29, 1.82) is 0 Å². The van der Waals surface area contributed by atoms with E-state index in [1.54, 1.807) is 0 Å². The van der Waals surface area contributed by atoms with Crippen LogP contribution in [-0.2, 0) is 0 Å². The lowest BCUT2D eigenvalue weighted by molar-refractivity contribution is 1.29. The van der Waals surface area contributed by atoms with Gasteiger partial charge in [0.25, 0.3) is 0 Å². The van der Waals surface area contributed by atoms with Gasteiger partial charge in [0.15, 0.2) is 5.65 Å². The van der Waals surface area contributed by atoms with Gasteiger partial charge in [0, 0.05) is 16.5 Å². The summed E-state index contributed by atoms with van der Waals surface area (Å²) in [5.41, 5.74) is 4.90. The highest BCUT2D eigenvalue weighted by molar-refractivity contribution is 5.81. The molecule has 2 nitrogen and oxygen atoms in total. The maximum Gasteiger partial charge on any atom is 0.160 e. The Morgan fingerprint density at radius 1 is 0.455 bits per heavy atom. The largest absolute Gasteiger partial charge is 0.228 e. The molecule has 0 spiro atoms. The van der Waals surface area contributed by atoms with E-state index in [0.717, 1.165) is 33.5 Å². The summed E-state index contributed by atoms with van der Waals surface area (Å²) < 4.78 is 0. The highest BCUT2D eigenvalue weighted by atomic mass is 14.9. The van der Waals surface area contributed by atoms with Crippen LogP contribution >= 0.6 is 0 Å². The molecule has 0 fully saturated rings. The number of benzene rings is 2. The monoisotopic (exact) mass is 282 g/mol. The Kier molecular flexibility index (Phi) is 3.13. The minimum Gasteiger partial charge on any atom is -0.228 e. The Bertz CT molecular complexity index is 842. The summed E-state index contributed by atoms with van der Waals surface area (Å²) in [6, 6.07) is 28.6. The molecule has 0 saturated carbocycles. The van der Waals surface area contributed by atoms with E-state index in [9.17, 15) is 0 Å². The Morgan fingerprint density at radius 2 is 0.909 bits per heavy atom. The predicted molar refractivity (Wildman–Crippen MR) is 90.4 cm³/mol. The summed E-state index contributed by atoms with van der Waals surface area (Å²) in [6.45, 7) is 0. The third-order valence-corrected chi connectivity index (χ3v) is 3.69. The van der Waals surface area contributed by atoms with E-state index in [1.807, 2.05) is 48.5 Å². The van der Waals surface area contributed by atoms with Crippen LogP contribution in [0.25, 0.3) is 33.5 Å². The number of hydrogen-bond donors (Lipinski definition) is 0. The van der Waals surface area contributed by atoms with Crippen molar-refractivity contribution in [2.45, 2.75) is 0 Å². The first-order chi connectivity index (χ1) is 10.9. The van der Waals surface area contributed by atoms with Gasteiger partial charge in [0.05, 0.1) is 11.4 Å². The number of fused-ring (bicyclic) bond motifs is 1. The number of hydrogen-bond acceptors (Lipinski definition) is 2. The van der Waals surface area contributed by atoms with Crippen molar-refractivity contribution in [3.05, 3.63) is 84.9 Å². The van der Waals surface area contributed by atoms with Crippen molar-refractivity contribution in [1.82, 2.24) is 9.97 Å². The fourth-order valence-corrected chi connectivity index (χ4v) is 2.54. The molecular formula is C20H14N2. The lowest BCUT2D eigenvalue weighted by Crippen LogP contribution is -1.90. The van der Waals surface area contributed by atoms with Gasteiger partial charge in [-0.25, -0.2) is 9.97 Å². The molecule has 0 N–H and O–H groups in total. The predicted octanol–water partition coefficient (Wildman–Crippen LogP) is 4.96. The van der Waals surface area contributed by atoms with E-state index < -0.39 is 0 Å². The maximum atomic E-state index is 4.72. The van der Waals surface area contributed by atoms with E-state index in [1.165, 1.54) is 0 Å². The fourth-order valence-electron chi connectivity index (χ4n) is 2.54. The molecule has 4 aromatic rings. The lowest BCUT2D eigenvalue weighted by Gasteiger charge is -2.05. The van der Waals surface area contributed by atoms with E-state index in [2.05, 4.69) is 36.4 Å². The van der Waals surface area contributed by atoms with Crippen LogP contribution in [0, 0.1) is 0 Å². The molecule has 22 heavy (non-hydrogen) atoms. The van der Waals surface area contributed by atoms with Crippen molar-refractivity contribution < 1.29 is 0 Å². The molecule has 104 valence electrons. The van der Waals surface area contributed by atoms with Crippen LogP contribution in [0.15, 0.2) is 84.9 Å². The van der Waals surface area contributed by atoms with Crippen LogP contribution < -0.4 is 0 Å². The van der Waals surface area contributed by atoms with Gasteiger partial charge < -0.3 is 0 Å². The molecule has 0 bridgehead atoms. The molecule has 2 aromatic heterocycles. The normalized spacial score (nSPS) is 10.7. The molecule has 2 aromatic carbocycles. The Balaban J connectivity index is 1.85. The van der Waals surface area contributed by atoms with Crippen molar-refractivity contribution in [2.75, 3.05) is 0 Å². The van der Waals surface area contributed by atoms with E-state index >= 15 is 0 Å². The zero-order valence-electron chi connectivity index (χ0n) is 12.0. The van der Waals surface area contributed by atoms with Gasteiger partial charge in [-0.15, -0.1) is 0 Å². The maximum absolute atomic E-state index is 4.72. The molecule has 0 radical (unpaired) electrons. The zero-order valence-corrected chi connectivity index (χ0v) is 12.0. The number of pyridine rings is 2. The molecule has 0 aliphatic carbocycles. The fraction of sp³-hybridized carbons (Fsp3) is 0. The quantitative estimate of drug-likeness (QED) is 0.519. The summed E-state index contributed by atoms with van der Waals surface area (Å²) >= 11 is 0. The molecule has 2 heterocycles. The van der Waals surface area contributed by atoms with Gasteiger partial charge in [-0.05, 0) is 24.3 Å². The van der Waals surface area contributed by atoms with Crippen LogP contribution in [0.4, 0.5) is 0 Å². The molecule has 0 aliphatic heterocycles. The van der Waals surface area contributed by atoms with Gasteiger partial charge in [-0.2, -0.15) is 0 Å². The van der Waals surface area contributed by atoms with Gasteiger partial charge in [0.1, 0.15) is 0 Å². The summed E-state index contributed by atoms with van der Waals surface area (Å²) in [4.78, 5) is 9.44. The molecule has 0 aliphatic rings. The molecular weight excluding hydrogens is 268 g/mol. The van der Waals surface area contributed by atoms with Crippen LogP contribution in [0.5, 0.6) is 0 Å². The second-order valence-corrected chi connectivity index (χ2v) is 5.17. The summed E-state index contributed by atoms with van der Waals surface area (Å²) in [5, 5.41) is 1.05. The van der Waals surface area contributed by atoms with E-state index in [0.29, 0.717) is 0 Å². The van der Waals surface area contributed by atoms with Crippen molar-refractivity contribution in [2.24, 2.45) is 0 Å². The Hall–Kier alpha value is -3.00. The van der Waals surface area contributed by atoms with Crippen molar-refractivity contribution >= 4 is 11.0 Å². The summed E-state index contributed by atoms with van der Waals surface area (Å²) in [5.74, 6) is 0. The molecule has 4 rings (SSSR count). The van der Waals surface area contributed by atoms with Crippen LogP contribution in [0.2, 0.25) is 0 Å². The van der Waals surface area contributed by atoms with Crippen LogP contribution in [0.3, 0.4) is 0 Å². The first-order valence-corrected chi connectivity index (χ1v) is 7.29. The number of aromatic nitrogens is 2. The van der Waals surface area contributed by atoms with Crippen molar-refractivity contribution in [3.63, 3.8) is 0 Å². The summed E-state index contributed by atoms with van der Waals surface area (Å²) in [7, 11) is 0. The number of nitrogens with zero attached hydrogens (tertiary/aromatic N) is 2.